The zero-order valence-electron chi connectivity index (χ0n) is 16.1. The van der Waals surface area contributed by atoms with Crippen LogP contribution in [0.5, 0.6) is 17.2 Å². The molecule has 1 heterocycles. The summed E-state index contributed by atoms with van der Waals surface area (Å²) in [6.07, 6.45) is -1.77. The van der Waals surface area contributed by atoms with Gasteiger partial charge >= 0.3 is 5.97 Å². The van der Waals surface area contributed by atoms with Crippen molar-refractivity contribution in [3.63, 3.8) is 0 Å². The summed E-state index contributed by atoms with van der Waals surface area (Å²) in [4.78, 5) is 24.4. The first-order chi connectivity index (χ1) is 13.4. The SMILES string of the molecule is Cc1ccc(OC(C)C(=O)OC(C)C(=O)NCc2ccc3c(c2)OCO3)cc1. The van der Waals surface area contributed by atoms with Crippen LogP contribution >= 0.6 is 0 Å². The van der Waals surface area contributed by atoms with Gasteiger partial charge in [-0.25, -0.2) is 4.79 Å². The molecule has 0 aromatic heterocycles. The molecule has 2 atom stereocenters. The lowest BCUT2D eigenvalue weighted by Gasteiger charge is -2.18. The van der Waals surface area contributed by atoms with Crippen LogP contribution in [0.2, 0.25) is 0 Å². The Hall–Kier alpha value is -3.22. The first kappa shape index (κ1) is 19.5. The van der Waals surface area contributed by atoms with Gasteiger partial charge in [0.2, 0.25) is 6.79 Å². The second-order valence-corrected chi connectivity index (χ2v) is 6.56. The molecule has 2 aromatic rings. The van der Waals surface area contributed by atoms with E-state index in [0.29, 0.717) is 17.2 Å². The maximum atomic E-state index is 12.2. The number of hydrogen-bond acceptors (Lipinski definition) is 6. The highest BCUT2D eigenvalue weighted by molar-refractivity contribution is 5.84. The molecule has 1 aliphatic heterocycles. The Balaban J connectivity index is 1.46. The predicted octanol–water partition coefficient (Wildman–Crippen LogP) is 2.74. The number of esters is 1. The van der Waals surface area contributed by atoms with E-state index >= 15 is 0 Å². The van der Waals surface area contributed by atoms with Crippen LogP contribution in [0.4, 0.5) is 0 Å². The van der Waals surface area contributed by atoms with Crippen molar-refractivity contribution in [2.45, 2.75) is 39.5 Å². The fraction of sp³-hybridized carbons (Fsp3) is 0.333. The largest absolute Gasteiger partial charge is 0.479 e. The van der Waals surface area contributed by atoms with Crippen LogP contribution in [0.25, 0.3) is 0 Å². The van der Waals surface area contributed by atoms with Gasteiger partial charge in [0.05, 0.1) is 0 Å². The average molecular weight is 385 g/mol. The summed E-state index contributed by atoms with van der Waals surface area (Å²) in [5.41, 5.74) is 1.95. The van der Waals surface area contributed by atoms with E-state index in [1.54, 1.807) is 31.2 Å². The summed E-state index contributed by atoms with van der Waals surface area (Å²) in [7, 11) is 0. The summed E-state index contributed by atoms with van der Waals surface area (Å²) in [5, 5.41) is 2.74. The number of ether oxygens (including phenoxy) is 4. The second kappa shape index (κ2) is 8.65. The molecule has 7 nitrogen and oxygen atoms in total. The Labute approximate surface area is 163 Å². The van der Waals surface area contributed by atoms with Crippen molar-refractivity contribution in [3.05, 3.63) is 53.6 Å². The predicted molar refractivity (Wildman–Crippen MR) is 101 cm³/mol. The number of nitrogens with one attached hydrogen (secondary N) is 1. The van der Waals surface area contributed by atoms with Crippen molar-refractivity contribution in [2.75, 3.05) is 6.79 Å². The molecule has 1 aliphatic rings. The van der Waals surface area contributed by atoms with E-state index in [1.165, 1.54) is 6.92 Å². The highest BCUT2D eigenvalue weighted by Gasteiger charge is 2.23. The zero-order chi connectivity index (χ0) is 20.1. The second-order valence-electron chi connectivity index (χ2n) is 6.56. The third-order valence-electron chi connectivity index (χ3n) is 4.23. The lowest BCUT2D eigenvalue weighted by Crippen LogP contribution is -2.38. The summed E-state index contributed by atoms with van der Waals surface area (Å²) < 4.78 is 21.3. The minimum absolute atomic E-state index is 0.195. The third kappa shape index (κ3) is 4.94. The van der Waals surface area contributed by atoms with E-state index < -0.39 is 24.1 Å². The Morgan fingerprint density at radius 1 is 1.04 bits per heavy atom. The standard InChI is InChI=1S/C21H23NO6/c1-13-4-7-17(8-5-13)27-15(3)21(24)28-14(2)20(23)22-11-16-6-9-18-19(10-16)26-12-25-18/h4-10,14-15H,11-12H2,1-3H3,(H,22,23). The topological polar surface area (TPSA) is 83.1 Å². The number of rotatable bonds is 7. The van der Waals surface area contributed by atoms with E-state index in [-0.39, 0.29) is 13.3 Å². The van der Waals surface area contributed by atoms with Crippen molar-refractivity contribution in [1.29, 1.82) is 0 Å². The molecule has 7 heteroatoms. The first-order valence-corrected chi connectivity index (χ1v) is 9.02. The Morgan fingerprint density at radius 2 is 1.75 bits per heavy atom. The third-order valence-corrected chi connectivity index (χ3v) is 4.23. The van der Waals surface area contributed by atoms with Crippen molar-refractivity contribution in [2.24, 2.45) is 0 Å². The average Bonchev–Trinajstić information content (AvgIpc) is 3.15. The van der Waals surface area contributed by atoms with Crippen molar-refractivity contribution >= 4 is 11.9 Å². The maximum Gasteiger partial charge on any atom is 0.347 e. The number of carbonyl (C=O) groups excluding carboxylic acids is 2. The van der Waals surface area contributed by atoms with Gasteiger partial charge in [-0.2, -0.15) is 0 Å². The maximum absolute atomic E-state index is 12.2. The number of carbonyl (C=O) groups is 2. The van der Waals surface area contributed by atoms with Gasteiger partial charge in [0.25, 0.3) is 5.91 Å². The van der Waals surface area contributed by atoms with Gasteiger partial charge in [-0.1, -0.05) is 23.8 Å². The van der Waals surface area contributed by atoms with Gasteiger partial charge in [-0.15, -0.1) is 0 Å². The molecule has 0 fully saturated rings. The summed E-state index contributed by atoms with van der Waals surface area (Å²) in [5.74, 6) is 0.892. The zero-order valence-corrected chi connectivity index (χ0v) is 16.1. The fourth-order valence-electron chi connectivity index (χ4n) is 2.58. The van der Waals surface area contributed by atoms with Crippen LogP contribution < -0.4 is 19.5 Å². The minimum atomic E-state index is -0.939. The molecule has 3 rings (SSSR count). The van der Waals surface area contributed by atoms with E-state index in [2.05, 4.69) is 5.32 Å². The summed E-state index contributed by atoms with van der Waals surface area (Å²) >= 11 is 0. The molecular formula is C21H23NO6. The summed E-state index contributed by atoms with van der Waals surface area (Å²) in [6, 6.07) is 12.8. The lowest BCUT2D eigenvalue weighted by atomic mass is 10.2. The number of amides is 1. The molecule has 0 spiro atoms. The number of hydrogen-bond donors (Lipinski definition) is 1. The monoisotopic (exact) mass is 385 g/mol. The first-order valence-electron chi connectivity index (χ1n) is 9.02. The molecule has 2 aromatic carbocycles. The van der Waals surface area contributed by atoms with Crippen LogP contribution in [0.15, 0.2) is 42.5 Å². The molecule has 0 saturated heterocycles. The van der Waals surface area contributed by atoms with Crippen LogP contribution in [0, 0.1) is 6.92 Å². The van der Waals surface area contributed by atoms with Crippen LogP contribution in [0.1, 0.15) is 25.0 Å². The Bertz CT molecular complexity index is 848. The van der Waals surface area contributed by atoms with Gasteiger partial charge in [0, 0.05) is 6.54 Å². The molecule has 28 heavy (non-hydrogen) atoms. The Kier molecular flexibility index (Phi) is 6.03. The molecule has 1 amide bonds. The van der Waals surface area contributed by atoms with Gasteiger partial charge in [0.15, 0.2) is 23.7 Å². The number of aryl methyl sites for hydroxylation is 1. The quantitative estimate of drug-likeness (QED) is 0.738. The number of benzene rings is 2. The van der Waals surface area contributed by atoms with Gasteiger partial charge in [0.1, 0.15) is 5.75 Å². The minimum Gasteiger partial charge on any atom is -0.479 e. The van der Waals surface area contributed by atoms with Crippen molar-refractivity contribution < 1.29 is 28.5 Å². The highest BCUT2D eigenvalue weighted by Crippen LogP contribution is 2.32. The van der Waals surface area contributed by atoms with Crippen LogP contribution in [-0.4, -0.2) is 30.9 Å². The molecule has 0 aliphatic carbocycles. The molecule has 2 unspecified atom stereocenters. The molecule has 0 saturated carbocycles. The van der Waals surface area contributed by atoms with Crippen LogP contribution in [-0.2, 0) is 20.9 Å². The lowest BCUT2D eigenvalue weighted by molar-refractivity contribution is -0.160. The van der Waals surface area contributed by atoms with E-state index in [9.17, 15) is 9.59 Å². The molecule has 0 bridgehead atoms. The summed E-state index contributed by atoms with van der Waals surface area (Å²) in [6.45, 7) is 5.55. The molecule has 1 N–H and O–H groups in total. The number of fused-ring (bicyclic) bond motifs is 1. The van der Waals surface area contributed by atoms with Gasteiger partial charge in [-0.05, 0) is 50.6 Å². The van der Waals surface area contributed by atoms with E-state index in [0.717, 1.165) is 11.1 Å². The van der Waals surface area contributed by atoms with Gasteiger partial charge < -0.3 is 24.3 Å². The van der Waals surface area contributed by atoms with Crippen LogP contribution in [0.3, 0.4) is 0 Å². The van der Waals surface area contributed by atoms with Crippen molar-refractivity contribution in [3.8, 4) is 17.2 Å². The molecular weight excluding hydrogens is 362 g/mol. The van der Waals surface area contributed by atoms with E-state index in [1.807, 2.05) is 25.1 Å². The smallest absolute Gasteiger partial charge is 0.347 e. The molecule has 148 valence electrons. The fourth-order valence-corrected chi connectivity index (χ4v) is 2.58. The van der Waals surface area contributed by atoms with E-state index in [4.69, 9.17) is 18.9 Å². The Morgan fingerprint density at radius 3 is 2.50 bits per heavy atom. The normalized spacial score (nSPS) is 14.1. The van der Waals surface area contributed by atoms with Gasteiger partial charge in [-0.3, -0.25) is 4.79 Å². The molecule has 0 radical (unpaired) electrons. The van der Waals surface area contributed by atoms with Crippen molar-refractivity contribution in [1.82, 2.24) is 5.32 Å². The highest BCUT2D eigenvalue weighted by atomic mass is 16.7.